The molecule has 14 aliphatic rings. The first-order valence-corrected chi connectivity index (χ1v) is 25.1. The molecule has 3 fully saturated rings. The summed E-state index contributed by atoms with van der Waals surface area (Å²) < 4.78 is 6.00. The van der Waals surface area contributed by atoms with Crippen LogP contribution in [0.25, 0.3) is 27.1 Å². The normalized spacial score (nSPS) is 43.7. The number of carbonyl (C=O) groups excluding carboxylic acids is 1. The number of fused-ring (bicyclic) bond motifs is 5. The number of hydrogen-bond donors (Lipinski definition) is 0. The highest BCUT2D eigenvalue weighted by Crippen LogP contribution is 2.98. The third-order valence-corrected chi connectivity index (χ3v) is 22.4. The summed E-state index contributed by atoms with van der Waals surface area (Å²) in [5.41, 5.74) is 24.9. The summed E-state index contributed by atoms with van der Waals surface area (Å²) in [6, 6.07) is 12.2. The molecule has 14 aliphatic carbocycles. The van der Waals surface area contributed by atoms with Gasteiger partial charge in [-0.3, -0.25) is 4.79 Å². The average molecular weight is 771 g/mol. The average Bonchev–Trinajstić information content (AvgIpc) is 4.13. The molecule has 0 N–H and O–H groups in total. The smallest absolute Gasteiger partial charge is 0.305 e. The molecule has 1 spiro atoms. The summed E-state index contributed by atoms with van der Waals surface area (Å²) in [6.07, 6.45) is 23.0. The van der Waals surface area contributed by atoms with E-state index in [1.165, 1.54) is 64.2 Å². The molecular formula is C57H54O2. The fourth-order valence-electron chi connectivity index (χ4n) is 22.1. The van der Waals surface area contributed by atoms with Gasteiger partial charge in [0.1, 0.15) is 0 Å². The molecule has 0 amide bonds. The van der Waals surface area contributed by atoms with E-state index in [0.29, 0.717) is 48.5 Å². The minimum atomic E-state index is 0.0551. The summed E-state index contributed by atoms with van der Waals surface area (Å²) >= 11 is 0. The third-order valence-electron chi connectivity index (χ3n) is 22.4. The van der Waals surface area contributed by atoms with Crippen molar-refractivity contribution in [1.82, 2.24) is 0 Å². The number of esters is 1. The Kier molecular flexibility index (Phi) is 5.05. The lowest BCUT2D eigenvalue weighted by molar-refractivity contribution is -0.144. The molecule has 0 aromatic heterocycles. The van der Waals surface area contributed by atoms with Crippen LogP contribution in [0.5, 0.6) is 0 Å². The Hall–Kier alpha value is -3.65. The van der Waals surface area contributed by atoms with Crippen LogP contribution in [0.3, 0.4) is 0 Å². The summed E-state index contributed by atoms with van der Waals surface area (Å²) in [4.78, 5) is 13.6. The number of benzene rings is 4. The number of carbonyl (C=O) groups is 1. The number of ether oxygens (including phenoxy) is 1. The van der Waals surface area contributed by atoms with E-state index in [2.05, 4.69) is 49.4 Å². The van der Waals surface area contributed by atoms with Crippen molar-refractivity contribution in [2.75, 3.05) is 6.61 Å². The minimum Gasteiger partial charge on any atom is -0.466 e. The predicted molar refractivity (Wildman–Crippen MR) is 231 cm³/mol. The van der Waals surface area contributed by atoms with E-state index in [1.54, 1.807) is 5.56 Å². The van der Waals surface area contributed by atoms with Crippen LogP contribution >= 0.6 is 0 Å². The second kappa shape index (κ2) is 9.54. The maximum Gasteiger partial charge on any atom is 0.305 e. The van der Waals surface area contributed by atoms with Crippen LogP contribution in [0.2, 0.25) is 0 Å². The number of hydrogen-bond acceptors (Lipinski definition) is 2. The van der Waals surface area contributed by atoms with Crippen LogP contribution in [-0.4, -0.2) is 12.6 Å². The molecular weight excluding hydrogens is 717 g/mol. The highest BCUT2D eigenvalue weighted by Gasteiger charge is 2.92. The van der Waals surface area contributed by atoms with Crippen molar-refractivity contribution >= 4 is 33.1 Å². The lowest BCUT2D eigenvalue weighted by Gasteiger charge is -2.66. The van der Waals surface area contributed by atoms with Crippen molar-refractivity contribution in [2.45, 2.75) is 150 Å². The minimum absolute atomic E-state index is 0.0551. The van der Waals surface area contributed by atoms with E-state index < -0.39 is 0 Å². The second-order valence-corrected chi connectivity index (χ2v) is 23.1. The van der Waals surface area contributed by atoms with Crippen molar-refractivity contribution in [2.24, 2.45) is 40.9 Å². The van der Waals surface area contributed by atoms with Crippen molar-refractivity contribution in [3.8, 4) is 0 Å². The Balaban J connectivity index is 0.889. The maximum atomic E-state index is 13.6. The van der Waals surface area contributed by atoms with Crippen molar-refractivity contribution in [1.29, 1.82) is 0 Å². The first-order chi connectivity index (χ1) is 29.2. The summed E-state index contributed by atoms with van der Waals surface area (Å²) in [5.74, 6) is 10.2. The molecule has 4 aromatic carbocycles. The Morgan fingerprint density at radius 2 is 1.32 bits per heavy atom. The van der Waals surface area contributed by atoms with E-state index in [0.717, 1.165) is 66.6 Å². The maximum absolute atomic E-state index is 13.6. The van der Waals surface area contributed by atoms with Gasteiger partial charge in [0.05, 0.1) is 6.61 Å². The summed E-state index contributed by atoms with van der Waals surface area (Å²) in [6.45, 7) is 2.88. The number of rotatable bonds is 12. The van der Waals surface area contributed by atoms with Crippen molar-refractivity contribution in [3.63, 3.8) is 0 Å². The van der Waals surface area contributed by atoms with Gasteiger partial charge in [0.15, 0.2) is 0 Å². The standard InChI is InChI=1S/C57H54O2/c1-2-3-4-5-6-10-22-59-33(58)14-11-21-56(24-12-8-7-9-13-24)55-42-32-23-31-29-18-17-26-25-15-16-27-28-19-20-30-41-38(28)44-35(27)34(25)43-36(26)37(29)45-39(31)40(32)50-49-47(45)46(43)48(44)51(49)53(41)57(56,52(30)55)54(42)50/h7-9,12-13,19-20,25-32,38,41-42,52,54-55H,2-6,10-11,14-18,21-23H2,1H3. The molecule has 18 rings (SSSR count). The summed E-state index contributed by atoms with van der Waals surface area (Å²) in [7, 11) is 0. The van der Waals surface area contributed by atoms with Gasteiger partial charge in [-0.25, -0.2) is 0 Å². The van der Waals surface area contributed by atoms with Crippen LogP contribution in [0.15, 0.2) is 48.1 Å². The molecule has 0 saturated heterocycles. The van der Waals surface area contributed by atoms with Gasteiger partial charge in [-0.1, -0.05) is 81.5 Å². The molecule has 16 unspecified atom stereocenters. The van der Waals surface area contributed by atoms with E-state index in [-0.39, 0.29) is 16.8 Å². The SMILES string of the molecule is CCCCCCCCOC(=O)CCCC1(c2ccccc2)C2C3C4CC5c6c4c4c7c8c6c6c9c%10c%11c%12c%13c(c%108)C7=C7C8C(C=CC(C%12CCC%11C9CCC65)C%138)C2C71C43. The fraction of sp³-hybridized carbons (Fsp3) is 0.561. The molecule has 3 saturated carbocycles. The Morgan fingerprint density at radius 3 is 2.14 bits per heavy atom. The zero-order valence-electron chi connectivity index (χ0n) is 34.5. The molecule has 0 heterocycles. The monoisotopic (exact) mass is 770 g/mol. The van der Waals surface area contributed by atoms with Gasteiger partial charge in [0.25, 0.3) is 0 Å². The second-order valence-electron chi connectivity index (χ2n) is 23.1. The fourth-order valence-corrected chi connectivity index (χ4v) is 22.1. The topological polar surface area (TPSA) is 26.3 Å². The molecule has 2 nitrogen and oxygen atoms in total. The van der Waals surface area contributed by atoms with Gasteiger partial charge in [0.2, 0.25) is 0 Å². The van der Waals surface area contributed by atoms with Gasteiger partial charge in [-0.15, -0.1) is 0 Å². The molecule has 59 heavy (non-hydrogen) atoms. The largest absolute Gasteiger partial charge is 0.466 e. The van der Waals surface area contributed by atoms with Crippen LogP contribution in [0.4, 0.5) is 0 Å². The van der Waals surface area contributed by atoms with Gasteiger partial charge in [-0.05, 0) is 228 Å². The van der Waals surface area contributed by atoms with E-state index in [1.807, 2.05) is 88.3 Å². The zero-order valence-corrected chi connectivity index (χ0v) is 34.5. The first kappa shape index (κ1) is 31.2. The molecule has 294 valence electrons. The summed E-state index contributed by atoms with van der Waals surface area (Å²) in [5, 5.41) is 7.38. The lowest BCUT2D eigenvalue weighted by Crippen LogP contribution is -2.64. The number of unbranched alkanes of at least 4 members (excludes halogenated alkanes) is 5. The Bertz CT molecular complexity index is 2890. The van der Waals surface area contributed by atoms with Crippen molar-refractivity contribution in [3.05, 3.63) is 109 Å². The molecule has 0 aliphatic heterocycles. The molecule has 2 heteroatoms. The van der Waals surface area contributed by atoms with Gasteiger partial charge in [0, 0.05) is 17.3 Å². The molecule has 2 bridgehead atoms. The quantitative estimate of drug-likeness (QED) is 0.0547. The third kappa shape index (κ3) is 2.71. The van der Waals surface area contributed by atoms with Crippen LogP contribution in [0.1, 0.15) is 205 Å². The lowest BCUT2D eigenvalue weighted by atomic mass is 9.36. The van der Waals surface area contributed by atoms with Crippen LogP contribution in [-0.2, 0) is 14.9 Å². The first-order valence-electron chi connectivity index (χ1n) is 25.1. The van der Waals surface area contributed by atoms with Crippen LogP contribution < -0.4 is 0 Å². The van der Waals surface area contributed by atoms with Crippen LogP contribution in [0, 0.1) is 40.9 Å². The van der Waals surface area contributed by atoms with Gasteiger partial charge >= 0.3 is 5.97 Å². The Labute approximate surface area is 347 Å². The van der Waals surface area contributed by atoms with E-state index >= 15 is 0 Å². The molecule has 4 aromatic rings. The zero-order chi connectivity index (χ0) is 37.7. The highest BCUT2D eigenvalue weighted by molar-refractivity contribution is 6.31. The predicted octanol–water partition coefficient (Wildman–Crippen LogP) is 13.2. The van der Waals surface area contributed by atoms with Crippen molar-refractivity contribution < 1.29 is 9.53 Å². The van der Waals surface area contributed by atoms with E-state index in [4.69, 9.17) is 4.74 Å². The van der Waals surface area contributed by atoms with Gasteiger partial charge < -0.3 is 4.74 Å². The highest BCUT2D eigenvalue weighted by atomic mass is 16.5. The van der Waals surface area contributed by atoms with E-state index in [9.17, 15) is 4.79 Å². The number of allylic oxidation sites excluding steroid dienone is 3. The molecule has 16 atom stereocenters. The van der Waals surface area contributed by atoms with Gasteiger partial charge in [-0.2, -0.15) is 0 Å². The Morgan fingerprint density at radius 1 is 0.644 bits per heavy atom. The molecule has 0 radical (unpaired) electrons.